The molecular weight excluding hydrogens is 382 g/mol. The second-order valence-electron chi connectivity index (χ2n) is 5.76. The van der Waals surface area contributed by atoms with Gasteiger partial charge in [-0.25, -0.2) is 13.1 Å². The Bertz CT molecular complexity index is 983. The fourth-order valence-electron chi connectivity index (χ4n) is 2.37. The highest BCUT2D eigenvalue weighted by Crippen LogP contribution is 2.20. The first kappa shape index (κ1) is 19.3. The minimum absolute atomic E-state index is 0.0639. The number of rotatable bonds is 9. The van der Waals surface area contributed by atoms with Crippen LogP contribution < -0.4 is 9.46 Å². The summed E-state index contributed by atoms with van der Waals surface area (Å²) in [6.07, 6.45) is 0. The summed E-state index contributed by atoms with van der Waals surface area (Å²) < 4.78 is 32.2. The number of para-hydroxylation sites is 1. The highest BCUT2D eigenvalue weighted by molar-refractivity contribution is 7.89. The van der Waals surface area contributed by atoms with Crippen molar-refractivity contribution in [1.29, 1.82) is 0 Å². The highest BCUT2D eigenvalue weighted by Gasteiger charge is 2.14. The topological polar surface area (TPSA) is 72.5 Å². The van der Waals surface area contributed by atoms with Crippen molar-refractivity contribution >= 4 is 27.1 Å². The van der Waals surface area contributed by atoms with E-state index < -0.39 is 10.0 Å². The summed E-state index contributed by atoms with van der Waals surface area (Å²) in [5.41, 5.74) is 0.615. The number of ketones is 1. The maximum atomic E-state index is 12.4. The zero-order valence-corrected chi connectivity index (χ0v) is 16.1. The molecule has 3 rings (SSSR count). The molecule has 0 bridgehead atoms. The Morgan fingerprint density at radius 1 is 0.926 bits per heavy atom. The summed E-state index contributed by atoms with van der Waals surface area (Å²) in [6, 6.07) is 21.6. The standard InChI is InChI=1S/C20H19NO4S2/c22-20(16-7-3-1-4-8-16)19-12-11-18(26-19)15-21-27(23,24)14-13-25-17-9-5-2-6-10-17/h1-12,21H,13-15H2. The molecule has 0 radical (unpaired) electrons. The lowest BCUT2D eigenvalue weighted by molar-refractivity contribution is 0.104. The largest absolute Gasteiger partial charge is 0.492 e. The van der Waals surface area contributed by atoms with Crippen molar-refractivity contribution in [2.24, 2.45) is 0 Å². The normalized spacial score (nSPS) is 11.3. The van der Waals surface area contributed by atoms with Gasteiger partial charge in [-0.1, -0.05) is 48.5 Å². The van der Waals surface area contributed by atoms with E-state index in [9.17, 15) is 13.2 Å². The zero-order chi connectivity index (χ0) is 19.1. The van der Waals surface area contributed by atoms with Crippen molar-refractivity contribution in [2.45, 2.75) is 6.54 Å². The van der Waals surface area contributed by atoms with E-state index in [1.807, 2.05) is 36.4 Å². The molecule has 0 atom stereocenters. The molecule has 3 aromatic rings. The van der Waals surface area contributed by atoms with Gasteiger partial charge in [0.2, 0.25) is 15.8 Å². The van der Waals surface area contributed by atoms with Gasteiger partial charge in [0.25, 0.3) is 0 Å². The van der Waals surface area contributed by atoms with Crippen LogP contribution in [0.25, 0.3) is 0 Å². The number of nitrogens with one attached hydrogen (secondary N) is 1. The molecule has 0 unspecified atom stereocenters. The van der Waals surface area contributed by atoms with Crippen LogP contribution in [0.5, 0.6) is 5.75 Å². The van der Waals surface area contributed by atoms with Gasteiger partial charge in [0, 0.05) is 17.0 Å². The average Bonchev–Trinajstić information content (AvgIpc) is 3.16. The van der Waals surface area contributed by atoms with Gasteiger partial charge in [-0.15, -0.1) is 11.3 Å². The molecule has 0 aliphatic carbocycles. The second-order valence-corrected chi connectivity index (χ2v) is 8.86. The average molecular weight is 402 g/mol. The van der Waals surface area contributed by atoms with Crippen molar-refractivity contribution < 1.29 is 17.9 Å². The van der Waals surface area contributed by atoms with E-state index in [-0.39, 0.29) is 24.7 Å². The lowest BCUT2D eigenvalue weighted by Gasteiger charge is -2.07. The summed E-state index contributed by atoms with van der Waals surface area (Å²) >= 11 is 1.29. The fourth-order valence-corrected chi connectivity index (χ4v) is 4.19. The van der Waals surface area contributed by atoms with E-state index in [2.05, 4.69) is 4.72 Å². The van der Waals surface area contributed by atoms with E-state index in [1.54, 1.807) is 36.4 Å². The molecular formula is C20H19NO4S2. The number of ether oxygens (including phenoxy) is 1. The van der Waals surface area contributed by atoms with E-state index >= 15 is 0 Å². The van der Waals surface area contributed by atoms with Crippen LogP contribution in [-0.4, -0.2) is 26.6 Å². The van der Waals surface area contributed by atoms with Crippen molar-refractivity contribution in [3.05, 3.63) is 88.1 Å². The Morgan fingerprint density at radius 2 is 1.59 bits per heavy atom. The molecule has 0 amide bonds. The van der Waals surface area contributed by atoms with E-state index in [1.165, 1.54) is 11.3 Å². The van der Waals surface area contributed by atoms with Crippen molar-refractivity contribution in [3.63, 3.8) is 0 Å². The van der Waals surface area contributed by atoms with Gasteiger partial charge in [-0.2, -0.15) is 0 Å². The summed E-state index contributed by atoms with van der Waals surface area (Å²) in [5, 5.41) is 0. The molecule has 1 aromatic heterocycles. The number of hydrogen-bond acceptors (Lipinski definition) is 5. The molecule has 1 N–H and O–H groups in total. The number of hydrogen-bond donors (Lipinski definition) is 1. The third-order valence-electron chi connectivity index (χ3n) is 3.75. The van der Waals surface area contributed by atoms with Crippen LogP contribution in [0.15, 0.2) is 72.8 Å². The van der Waals surface area contributed by atoms with Crippen LogP contribution in [-0.2, 0) is 16.6 Å². The van der Waals surface area contributed by atoms with Gasteiger partial charge in [-0.05, 0) is 24.3 Å². The molecule has 0 aliphatic rings. The van der Waals surface area contributed by atoms with Crippen LogP contribution in [0.4, 0.5) is 0 Å². The SMILES string of the molecule is O=C(c1ccccc1)c1ccc(CNS(=O)(=O)CCOc2ccccc2)s1. The van der Waals surface area contributed by atoms with Crippen LogP contribution >= 0.6 is 11.3 Å². The lowest BCUT2D eigenvalue weighted by Crippen LogP contribution is -2.28. The summed E-state index contributed by atoms with van der Waals surface area (Å²) in [5.74, 6) is 0.435. The van der Waals surface area contributed by atoms with E-state index in [0.29, 0.717) is 16.2 Å². The maximum Gasteiger partial charge on any atom is 0.215 e. The second kappa shape index (κ2) is 8.94. The van der Waals surface area contributed by atoms with Gasteiger partial charge >= 0.3 is 0 Å². The Labute approximate surface area is 162 Å². The molecule has 0 fully saturated rings. The van der Waals surface area contributed by atoms with Crippen molar-refractivity contribution in [2.75, 3.05) is 12.4 Å². The van der Waals surface area contributed by atoms with Crippen molar-refractivity contribution in [3.8, 4) is 5.75 Å². The highest BCUT2D eigenvalue weighted by atomic mass is 32.2. The Morgan fingerprint density at radius 3 is 2.30 bits per heavy atom. The van der Waals surface area contributed by atoms with Gasteiger partial charge < -0.3 is 4.74 Å². The van der Waals surface area contributed by atoms with Crippen molar-refractivity contribution in [1.82, 2.24) is 4.72 Å². The molecule has 0 spiro atoms. The monoisotopic (exact) mass is 401 g/mol. The van der Waals surface area contributed by atoms with Gasteiger partial charge in [0.1, 0.15) is 12.4 Å². The number of sulfonamides is 1. The Hall–Kier alpha value is -2.48. The molecule has 0 aliphatic heterocycles. The Balaban J connectivity index is 1.51. The quantitative estimate of drug-likeness (QED) is 0.557. The van der Waals surface area contributed by atoms with Gasteiger partial charge in [0.05, 0.1) is 10.6 Å². The minimum atomic E-state index is -3.47. The predicted molar refractivity (Wildman–Crippen MR) is 107 cm³/mol. The Kier molecular flexibility index (Phi) is 6.39. The molecule has 0 saturated heterocycles. The van der Waals surface area contributed by atoms with Crippen LogP contribution in [0, 0.1) is 0 Å². The number of benzene rings is 2. The third kappa shape index (κ3) is 5.75. The maximum absolute atomic E-state index is 12.4. The van der Waals surface area contributed by atoms with Crippen LogP contribution in [0.2, 0.25) is 0 Å². The zero-order valence-electron chi connectivity index (χ0n) is 14.5. The van der Waals surface area contributed by atoms with Gasteiger partial charge in [-0.3, -0.25) is 4.79 Å². The summed E-state index contributed by atoms with van der Waals surface area (Å²) in [4.78, 5) is 13.8. The summed E-state index contributed by atoms with van der Waals surface area (Å²) in [6.45, 7) is 0.224. The molecule has 140 valence electrons. The van der Waals surface area contributed by atoms with E-state index in [0.717, 1.165) is 4.88 Å². The third-order valence-corrected chi connectivity index (χ3v) is 6.12. The number of thiophene rings is 1. The first-order valence-electron chi connectivity index (χ1n) is 8.37. The molecule has 2 aromatic carbocycles. The van der Waals surface area contributed by atoms with E-state index in [4.69, 9.17) is 4.74 Å². The summed E-state index contributed by atoms with van der Waals surface area (Å²) in [7, 11) is -3.47. The first-order valence-corrected chi connectivity index (χ1v) is 10.8. The van der Waals surface area contributed by atoms with Crippen LogP contribution in [0.1, 0.15) is 20.1 Å². The minimum Gasteiger partial charge on any atom is -0.492 e. The first-order chi connectivity index (χ1) is 13.0. The molecule has 0 saturated carbocycles. The lowest BCUT2D eigenvalue weighted by atomic mass is 10.1. The van der Waals surface area contributed by atoms with Gasteiger partial charge in [0.15, 0.2) is 0 Å². The molecule has 1 heterocycles. The molecule has 5 nitrogen and oxygen atoms in total. The number of carbonyl (C=O) groups excluding carboxylic acids is 1. The predicted octanol–water partition coefficient (Wildman–Crippen LogP) is 3.48. The number of carbonyl (C=O) groups is 1. The smallest absolute Gasteiger partial charge is 0.215 e. The molecule has 7 heteroatoms. The van der Waals surface area contributed by atoms with Crippen LogP contribution in [0.3, 0.4) is 0 Å². The molecule has 27 heavy (non-hydrogen) atoms. The fraction of sp³-hybridized carbons (Fsp3) is 0.150.